The topological polar surface area (TPSA) is 83.8 Å². The van der Waals surface area contributed by atoms with Crippen LogP contribution in [0.1, 0.15) is 17.4 Å². The predicted octanol–water partition coefficient (Wildman–Crippen LogP) is 3.26. The van der Waals surface area contributed by atoms with Gasteiger partial charge in [-0.2, -0.15) is 4.98 Å². The number of hydrogen-bond donors (Lipinski definition) is 0. The summed E-state index contributed by atoms with van der Waals surface area (Å²) in [6, 6.07) is 11.5. The number of rotatable bonds is 3. The Kier molecular flexibility index (Phi) is 3.80. The van der Waals surface area contributed by atoms with Gasteiger partial charge in [0.05, 0.1) is 18.8 Å². The van der Waals surface area contributed by atoms with Crippen LogP contribution in [-0.4, -0.2) is 29.7 Å². The van der Waals surface area contributed by atoms with E-state index >= 15 is 0 Å². The highest BCUT2D eigenvalue weighted by Gasteiger charge is 2.27. The predicted molar refractivity (Wildman–Crippen MR) is 96.7 cm³/mol. The zero-order valence-corrected chi connectivity index (χ0v) is 15.2. The van der Waals surface area contributed by atoms with E-state index in [4.69, 9.17) is 20.9 Å². The van der Waals surface area contributed by atoms with Crippen molar-refractivity contribution in [3.63, 3.8) is 0 Å². The third kappa shape index (κ3) is 2.83. The lowest BCUT2D eigenvalue weighted by molar-refractivity contribution is -0.00111. The van der Waals surface area contributed by atoms with Crippen molar-refractivity contribution in [2.45, 2.75) is 19.3 Å². The van der Waals surface area contributed by atoms with E-state index in [9.17, 15) is 0 Å². The molecule has 1 atom stereocenters. The molecule has 4 aromatic rings. The Morgan fingerprint density at radius 1 is 1.19 bits per heavy atom. The van der Waals surface area contributed by atoms with Crippen LogP contribution >= 0.6 is 11.6 Å². The third-order valence-corrected chi connectivity index (χ3v) is 4.89. The van der Waals surface area contributed by atoms with Crippen LogP contribution in [0.3, 0.4) is 0 Å². The molecule has 0 bridgehead atoms. The molecule has 1 aliphatic heterocycles. The fourth-order valence-electron chi connectivity index (χ4n) is 3.17. The second kappa shape index (κ2) is 6.33. The number of aryl methyl sites for hydroxylation is 1. The van der Waals surface area contributed by atoms with E-state index in [2.05, 4.69) is 20.5 Å². The van der Waals surface area contributed by atoms with Gasteiger partial charge in [0.15, 0.2) is 5.69 Å². The minimum atomic E-state index is -0.103. The zero-order chi connectivity index (χ0) is 18.4. The van der Waals surface area contributed by atoms with Gasteiger partial charge in [0, 0.05) is 18.3 Å². The van der Waals surface area contributed by atoms with Crippen molar-refractivity contribution >= 4 is 11.6 Å². The Morgan fingerprint density at radius 2 is 2.04 bits per heavy atom. The highest BCUT2D eigenvalue weighted by Crippen LogP contribution is 2.31. The van der Waals surface area contributed by atoms with Crippen molar-refractivity contribution < 1.29 is 9.26 Å². The van der Waals surface area contributed by atoms with Crippen LogP contribution in [0.2, 0.25) is 5.02 Å². The molecule has 1 aromatic carbocycles. The molecule has 0 radical (unpaired) electrons. The summed E-state index contributed by atoms with van der Waals surface area (Å²) in [6.45, 7) is 0.927. The van der Waals surface area contributed by atoms with E-state index in [0.717, 1.165) is 17.0 Å². The molecule has 0 saturated carbocycles. The van der Waals surface area contributed by atoms with Gasteiger partial charge in [-0.3, -0.25) is 0 Å². The Hall–Kier alpha value is -2.97. The van der Waals surface area contributed by atoms with Crippen LogP contribution in [0.4, 0.5) is 0 Å². The van der Waals surface area contributed by atoms with Crippen molar-refractivity contribution in [1.82, 2.24) is 29.7 Å². The molecule has 27 heavy (non-hydrogen) atoms. The van der Waals surface area contributed by atoms with E-state index in [1.807, 2.05) is 58.9 Å². The molecular formula is C18H15ClN6O2. The quantitative estimate of drug-likeness (QED) is 0.540. The number of fused-ring (bicyclic) bond motifs is 1. The summed E-state index contributed by atoms with van der Waals surface area (Å²) in [4.78, 5) is 4.47. The van der Waals surface area contributed by atoms with Crippen LogP contribution < -0.4 is 0 Å². The van der Waals surface area contributed by atoms with Gasteiger partial charge < -0.3 is 13.8 Å². The van der Waals surface area contributed by atoms with Gasteiger partial charge in [0.25, 0.3) is 5.89 Å². The molecule has 4 heterocycles. The fourth-order valence-corrected chi connectivity index (χ4v) is 3.30. The Balaban J connectivity index is 1.42. The molecule has 0 amide bonds. The van der Waals surface area contributed by atoms with Crippen molar-refractivity contribution in [3.05, 3.63) is 58.9 Å². The fraction of sp³-hybridized carbons (Fsp3) is 0.222. The molecule has 0 fully saturated rings. The first-order valence-electron chi connectivity index (χ1n) is 8.44. The molecule has 3 aromatic heterocycles. The molecule has 0 aliphatic carbocycles. The number of nitrogens with zero attached hydrogens (tertiary/aromatic N) is 6. The lowest BCUT2D eigenvalue weighted by Crippen LogP contribution is -2.22. The second-order valence-electron chi connectivity index (χ2n) is 6.35. The minimum absolute atomic E-state index is 0.103. The van der Waals surface area contributed by atoms with Crippen LogP contribution in [-0.2, 0) is 24.9 Å². The number of benzene rings is 1. The van der Waals surface area contributed by atoms with Crippen molar-refractivity contribution in [1.29, 1.82) is 0 Å². The van der Waals surface area contributed by atoms with E-state index < -0.39 is 0 Å². The van der Waals surface area contributed by atoms with E-state index in [-0.39, 0.29) is 6.10 Å². The highest BCUT2D eigenvalue weighted by molar-refractivity contribution is 6.30. The summed E-state index contributed by atoms with van der Waals surface area (Å²) in [5, 5.41) is 13.3. The standard InChI is InChI=1S/C18H15ClN6O2/c1-24-8-2-3-13(24)18-20-17(22-27-18)16-14-10-26-15(9-25(14)23-21-16)11-4-6-12(19)7-5-11/h2-8,15H,9-10H2,1H3. The Labute approximate surface area is 159 Å². The molecule has 9 heteroatoms. The molecule has 8 nitrogen and oxygen atoms in total. The molecule has 5 rings (SSSR count). The van der Waals surface area contributed by atoms with Crippen LogP contribution in [0, 0.1) is 0 Å². The minimum Gasteiger partial charge on any atom is -0.365 e. The monoisotopic (exact) mass is 382 g/mol. The van der Waals surface area contributed by atoms with Crippen molar-refractivity contribution in [2.24, 2.45) is 7.05 Å². The number of hydrogen-bond acceptors (Lipinski definition) is 6. The maximum atomic E-state index is 6.01. The summed E-state index contributed by atoms with van der Waals surface area (Å²) >= 11 is 5.96. The maximum Gasteiger partial charge on any atom is 0.274 e. The van der Waals surface area contributed by atoms with Gasteiger partial charge in [-0.15, -0.1) is 5.10 Å². The van der Waals surface area contributed by atoms with Gasteiger partial charge in [-0.25, -0.2) is 4.68 Å². The molecular weight excluding hydrogens is 368 g/mol. The summed E-state index contributed by atoms with van der Waals surface area (Å²) in [7, 11) is 1.92. The largest absolute Gasteiger partial charge is 0.365 e. The Morgan fingerprint density at radius 3 is 2.81 bits per heavy atom. The van der Waals surface area contributed by atoms with Crippen LogP contribution in [0.25, 0.3) is 23.1 Å². The Bertz CT molecular complexity index is 1100. The number of aromatic nitrogens is 6. The molecule has 0 N–H and O–H groups in total. The maximum absolute atomic E-state index is 6.01. The van der Waals surface area contributed by atoms with Gasteiger partial charge in [0.1, 0.15) is 11.8 Å². The summed E-state index contributed by atoms with van der Waals surface area (Å²) < 4.78 is 15.2. The highest BCUT2D eigenvalue weighted by atomic mass is 35.5. The van der Waals surface area contributed by atoms with Crippen LogP contribution in [0.15, 0.2) is 47.1 Å². The molecule has 1 aliphatic rings. The normalized spacial score (nSPS) is 16.4. The second-order valence-corrected chi connectivity index (χ2v) is 6.78. The molecule has 1 unspecified atom stereocenters. The third-order valence-electron chi connectivity index (χ3n) is 4.64. The smallest absolute Gasteiger partial charge is 0.274 e. The average molecular weight is 383 g/mol. The average Bonchev–Trinajstić information content (AvgIpc) is 3.40. The van der Waals surface area contributed by atoms with E-state index in [1.165, 1.54) is 0 Å². The number of ether oxygens (including phenoxy) is 1. The first kappa shape index (κ1) is 16.2. The number of halogens is 1. The summed E-state index contributed by atoms with van der Waals surface area (Å²) in [5.74, 6) is 0.844. The van der Waals surface area contributed by atoms with E-state index in [1.54, 1.807) is 0 Å². The summed E-state index contributed by atoms with van der Waals surface area (Å²) in [5.41, 5.74) is 3.30. The van der Waals surface area contributed by atoms with E-state index in [0.29, 0.717) is 35.6 Å². The lowest BCUT2D eigenvalue weighted by Gasteiger charge is -2.24. The van der Waals surface area contributed by atoms with Gasteiger partial charge in [-0.05, 0) is 29.8 Å². The molecule has 0 saturated heterocycles. The van der Waals surface area contributed by atoms with Crippen molar-refractivity contribution in [3.8, 4) is 23.1 Å². The van der Waals surface area contributed by atoms with Crippen molar-refractivity contribution in [2.75, 3.05) is 0 Å². The molecule has 136 valence electrons. The first-order valence-corrected chi connectivity index (χ1v) is 8.82. The first-order chi connectivity index (χ1) is 13.2. The lowest BCUT2D eigenvalue weighted by atomic mass is 10.1. The SMILES string of the molecule is Cn1cccc1-c1nc(-c2nnn3c2COC(c2ccc(Cl)cc2)C3)no1. The van der Waals surface area contributed by atoms with Gasteiger partial charge >= 0.3 is 0 Å². The van der Waals surface area contributed by atoms with Gasteiger partial charge in [0.2, 0.25) is 5.82 Å². The van der Waals surface area contributed by atoms with Gasteiger partial charge in [-0.1, -0.05) is 34.1 Å². The molecule has 0 spiro atoms. The summed E-state index contributed by atoms with van der Waals surface area (Å²) in [6.07, 6.45) is 1.82. The van der Waals surface area contributed by atoms with Crippen LogP contribution in [0.5, 0.6) is 0 Å². The zero-order valence-electron chi connectivity index (χ0n) is 14.4.